The van der Waals surface area contributed by atoms with Crippen LogP contribution in [0.25, 0.3) is 0 Å². The summed E-state index contributed by atoms with van der Waals surface area (Å²) in [4.78, 5) is 2.34. The van der Waals surface area contributed by atoms with E-state index in [0.717, 1.165) is 37.4 Å². The first-order valence-electron chi connectivity index (χ1n) is 5.58. The largest absolute Gasteiger partial charge is 0.399 e. The maximum Gasteiger partial charge on any atom is 0.0390 e. The summed E-state index contributed by atoms with van der Waals surface area (Å²) < 4.78 is 0. The van der Waals surface area contributed by atoms with E-state index in [0.29, 0.717) is 6.42 Å². The number of terminal acetylenes is 1. The number of nitrogens with two attached hydrogens (primary N) is 1. The Labute approximate surface area is 96.6 Å². The quantitative estimate of drug-likeness (QED) is 0.568. The summed E-state index contributed by atoms with van der Waals surface area (Å²) in [5.74, 6) is 2.65. The number of benzene rings is 1. The summed E-state index contributed by atoms with van der Waals surface area (Å²) in [6.07, 6.45) is 5.97. The number of piperazine rings is 1. The molecule has 0 spiro atoms. The van der Waals surface area contributed by atoms with Crippen molar-refractivity contribution in [2.24, 2.45) is 0 Å². The molecule has 1 fully saturated rings. The predicted molar refractivity (Wildman–Crippen MR) is 68.5 cm³/mol. The van der Waals surface area contributed by atoms with Crippen LogP contribution in [0.4, 0.5) is 11.4 Å². The van der Waals surface area contributed by atoms with E-state index in [1.807, 2.05) is 12.1 Å². The van der Waals surface area contributed by atoms with Gasteiger partial charge < -0.3 is 16.0 Å². The Kier molecular flexibility index (Phi) is 3.33. The third-order valence-electron chi connectivity index (χ3n) is 2.79. The van der Waals surface area contributed by atoms with Crippen molar-refractivity contribution in [3.05, 3.63) is 23.8 Å². The molecule has 3 heteroatoms. The molecule has 1 heterocycles. The first kappa shape index (κ1) is 10.8. The van der Waals surface area contributed by atoms with Gasteiger partial charge in [0.2, 0.25) is 0 Å². The lowest BCUT2D eigenvalue weighted by molar-refractivity contribution is 0.589. The molecular weight excluding hydrogens is 198 g/mol. The maximum absolute atomic E-state index is 5.89. The predicted octanol–water partition coefficient (Wildman–Crippen LogP) is 0.854. The third-order valence-corrected chi connectivity index (χ3v) is 2.79. The Morgan fingerprint density at radius 2 is 2.06 bits per heavy atom. The van der Waals surface area contributed by atoms with Crippen molar-refractivity contribution in [2.75, 3.05) is 36.8 Å². The molecule has 2 rings (SSSR count). The van der Waals surface area contributed by atoms with Crippen molar-refractivity contribution in [3.63, 3.8) is 0 Å². The normalized spacial score (nSPS) is 15.8. The summed E-state index contributed by atoms with van der Waals surface area (Å²) in [5.41, 5.74) is 8.99. The molecule has 0 amide bonds. The van der Waals surface area contributed by atoms with Crippen LogP contribution in [-0.4, -0.2) is 26.2 Å². The molecule has 0 unspecified atom stereocenters. The SMILES string of the molecule is C#CCc1cc(N)cc(N2CCNCC2)c1. The van der Waals surface area contributed by atoms with Crippen LogP contribution >= 0.6 is 0 Å². The van der Waals surface area contributed by atoms with Crippen LogP contribution in [0.1, 0.15) is 5.56 Å². The zero-order valence-corrected chi connectivity index (χ0v) is 9.37. The average Bonchev–Trinajstić information content (AvgIpc) is 2.30. The number of nitrogens with zero attached hydrogens (tertiary/aromatic N) is 1. The lowest BCUT2D eigenvalue weighted by atomic mass is 10.1. The Balaban J connectivity index is 2.22. The summed E-state index contributed by atoms with van der Waals surface area (Å²) in [6, 6.07) is 6.11. The lowest BCUT2D eigenvalue weighted by Gasteiger charge is -2.30. The van der Waals surface area contributed by atoms with Crippen LogP contribution in [-0.2, 0) is 6.42 Å². The van der Waals surface area contributed by atoms with Gasteiger partial charge in [0, 0.05) is 44.0 Å². The zero-order valence-electron chi connectivity index (χ0n) is 9.37. The van der Waals surface area contributed by atoms with Gasteiger partial charge in [0.15, 0.2) is 0 Å². The van der Waals surface area contributed by atoms with Gasteiger partial charge in [-0.1, -0.05) is 0 Å². The molecule has 0 radical (unpaired) electrons. The molecule has 84 valence electrons. The van der Waals surface area contributed by atoms with Crippen LogP contribution in [0.2, 0.25) is 0 Å². The molecule has 1 aromatic carbocycles. The van der Waals surface area contributed by atoms with Crippen LogP contribution < -0.4 is 16.0 Å². The summed E-state index contributed by atoms with van der Waals surface area (Å²) in [5, 5.41) is 3.33. The third kappa shape index (κ3) is 2.47. The molecule has 0 aliphatic carbocycles. The molecule has 16 heavy (non-hydrogen) atoms. The highest BCUT2D eigenvalue weighted by molar-refractivity contribution is 5.59. The van der Waals surface area contributed by atoms with Crippen molar-refractivity contribution in [3.8, 4) is 12.3 Å². The van der Waals surface area contributed by atoms with E-state index >= 15 is 0 Å². The Hall–Kier alpha value is -1.66. The zero-order chi connectivity index (χ0) is 11.4. The van der Waals surface area contributed by atoms with Gasteiger partial charge in [0.25, 0.3) is 0 Å². The molecular formula is C13H17N3. The van der Waals surface area contributed by atoms with E-state index < -0.39 is 0 Å². The number of hydrogen-bond donors (Lipinski definition) is 2. The minimum atomic E-state index is 0.643. The number of nitrogens with one attached hydrogen (secondary N) is 1. The monoisotopic (exact) mass is 215 g/mol. The van der Waals surface area contributed by atoms with Gasteiger partial charge in [-0.25, -0.2) is 0 Å². The average molecular weight is 215 g/mol. The first-order chi connectivity index (χ1) is 7.79. The second-order valence-electron chi connectivity index (χ2n) is 4.05. The number of anilines is 2. The van der Waals surface area contributed by atoms with Crippen LogP contribution in [0.15, 0.2) is 18.2 Å². The standard InChI is InChI=1S/C13H17N3/c1-2-3-11-8-12(14)10-13(9-11)16-6-4-15-5-7-16/h1,8-10,15H,3-7,14H2. The highest BCUT2D eigenvalue weighted by Crippen LogP contribution is 2.21. The molecule has 0 aromatic heterocycles. The van der Waals surface area contributed by atoms with Crippen LogP contribution in [0.5, 0.6) is 0 Å². The highest BCUT2D eigenvalue weighted by Gasteiger charge is 2.11. The van der Waals surface area contributed by atoms with Gasteiger partial charge in [0.05, 0.1) is 0 Å². The van der Waals surface area contributed by atoms with Gasteiger partial charge in [-0.15, -0.1) is 12.3 Å². The van der Waals surface area contributed by atoms with Gasteiger partial charge in [-0.05, 0) is 23.8 Å². The van der Waals surface area contributed by atoms with Crippen molar-refractivity contribution in [1.82, 2.24) is 5.32 Å². The Bertz CT molecular complexity index is 400. The van der Waals surface area contributed by atoms with Gasteiger partial charge >= 0.3 is 0 Å². The fourth-order valence-electron chi connectivity index (χ4n) is 2.03. The summed E-state index contributed by atoms with van der Waals surface area (Å²) in [6.45, 7) is 4.11. The molecule has 1 aliphatic rings. The smallest absolute Gasteiger partial charge is 0.0390 e. The van der Waals surface area contributed by atoms with Gasteiger partial charge in [-0.3, -0.25) is 0 Å². The van der Waals surface area contributed by atoms with Crippen LogP contribution in [0, 0.1) is 12.3 Å². The van der Waals surface area contributed by atoms with Crippen molar-refractivity contribution in [1.29, 1.82) is 0 Å². The van der Waals surface area contributed by atoms with Gasteiger partial charge in [0.1, 0.15) is 0 Å². The van der Waals surface area contributed by atoms with E-state index in [9.17, 15) is 0 Å². The second-order valence-corrected chi connectivity index (χ2v) is 4.05. The lowest BCUT2D eigenvalue weighted by Crippen LogP contribution is -2.43. The minimum Gasteiger partial charge on any atom is -0.399 e. The highest BCUT2D eigenvalue weighted by atomic mass is 15.2. The Morgan fingerprint density at radius 3 is 2.75 bits per heavy atom. The molecule has 0 saturated carbocycles. The fraction of sp³-hybridized carbons (Fsp3) is 0.385. The van der Waals surface area contributed by atoms with E-state index in [2.05, 4.69) is 22.2 Å². The van der Waals surface area contributed by atoms with Crippen molar-refractivity contribution < 1.29 is 0 Å². The number of hydrogen-bond acceptors (Lipinski definition) is 3. The van der Waals surface area contributed by atoms with Crippen molar-refractivity contribution >= 4 is 11.4 Å². The summed E-state index contributed by atoms with van der Waals surface area (Å²) >= 11 is 0. The fourth-order valence-corrected chi connectivity index (χ4v) is 2.03. The van der Waals surface area contributed by atoms with Crippen LogP contribution in [0.3, 0.4) is 0 Å². The van der Waals surface area contributed by atoms with Gasteiger partial charge in [-0.2, -0.15) is 0 Å². The minimum absolute atomic E-state index is 0.643. The maximum atomic E-state index is 5.89. The number of rotatable bonds is 2. The molecule has 3 N–H and O–H groups in total. The van der Waals surface area contributed by atoms with Crippen molar-refractivity contribution in [2.45, 2.75) is 6.42 Å². The van der Waals surface area contributed by atoms with E-state index in [1.165, 1.54) is 5.69 Å². The number of nitrogen functional groups attached to an aromatic ring is 1. The molecule has 3 nitrogen and oxygen atoms in total. The summed E-state index contributed by atoms with van der Waals surface area (Å²) in [7, 11) is 0. The second kappa shape index (κ2) is 4.91. The Morgan fingerprint density at radius 1 is 1.31 bits per heavy atom. The molecule has 1 aliphatic heterocycles. The van der Waals surface area contributed by atoms with E-state index in [-0.39, 0.29) is 0 Å². The molecule has 1 aromatic rings. The topological polar surface area (TPSA) is 41.3 Å². The first-order valence-corrected chi connectivity index (χ1v) is 5.58. The van der Waals surface area contributed by atoms with E-state index in [1.54, 1.807) is 0 Å². The molecule has 1 saturated heterocycles. The molecule has 0 atom stereocenters. The molecule has 0 bridgehead atoms. The van der Waals surface area contributed by atoms with E-state index in [4.69, 9.17) is 12.2 Å².